The number of nitrogens with zero attached hydrogens (tertiary/aromatic N) is 1. The molecule has 13 heavy (non-hydrogen) atoms. The van der Waals surface area contributed by atoms with Gasteiger partial charge in [0.25, 0.3) is 0 Å². The van der Waals surface area contributed by atoms with Crippen molar-refractivity contribution in [2.45, 2.75) is 19.8 Å². The molecular formula is C10H16N2S. The molecule has 0 aromatic carbocycles. The van der Waals surface area contributed by atoms with E-state index in [9.17, 15) is 0 Å². The van der Waals surface area contributed by atoms with E-state index in [0.717, 1.165) is 6.42 Å². The van der Waals surface area contributed by atoms with E-state index in [1.54, 1.807) is 6.20 Å². The van der Waals surface area contributed by atoms with Crippen LogP contribution >= 0.6 is 11.8 Å². The van der Waals surface area contributed by atoms with Crippen LogP contribution in [0.3, 0.4) is 0 Å². The van der Waals surface area contributed by atoms with Crippen LogP contribution in [0.1, 0.15) is 18.9 Å². The SMILES string of the molecule is CCSCCCc1ccnc(N)c1. The predicted molar refractivity (Wildman–Crippen MR) is 60.0 cm³/mol. The first-order chi connectivity index (χ1) is 6.33. The van der Waals surface area contributed by atoms with Crippen molar-refractivity contribution >= 4 is 17.6 Å². The molecule has 0 radical (unpaired) electrons. The molecule has 0 aliphatic rings. The Morgan fingerprint density at radius 2 is 2.38 bits per heavy atom. The largest absolute Gasteiger partial charge is 0.384 e. The minimum Gasteiger partial charge on any atom is -0.384 e. The highest BCUT2D eigenvalue weighted by atomic mass is 32.2. The average Bonchev–Trinajstić information content (AvgIpc) is 2.13. The van der Waals surface area contributed by atoms with Crippen LogP contribution < -0.4 is 5.73 Å². The zero-order valence-electron chi connectivity index (χ0n) is 7.99. The van der Waals surface area contributed by atoms with Gasteiger partial charge in [-0.1, -0.05) is 6.92 Å². The van der Waals surface area contributed by atoms with Gasteiger partial charge in [-0.15, -0.1) is 0 Å². The third kappa shape index (κ3) is 4.18. The monoisotopic (exact) mass is 196 g/mol. The maximum atomic E-state index is 5.57. The fourth-order valence-corrected chi connectivity index (χ4v) is 1.81. The molecule has 72 valence electrons. The molecule has 2 nitrogen and oxygen atoms in total. The number of aromatic nitrogens is 1. The fourth-order valence-electron chi connectivity index (χ4n) is 1.17. The number of hydrogen-bond acceptors (Lipinski definition) is 3. The fraction of sp³-hybridized carbons (Fsp3) is 0.500. The first-order valence-corrected chi connectivity index (χ1v) is 5.76. The number of thioether (sulfide) groups is 1. The summed E-state index contributed by atoms with van der Waals surface area (Å²) in [6.07, 6.45) is 4.11. The summed E-state index contributed by atoms with van der Waals surface area (Å²) in [6.45, 7) is 2.19. The van der Waals surface area contributed by atoms with Crippen LogP contribution in [0.25, 0.3) is 0 Å². The molecule has 1 rings (SSSR count). The van der Waals surface area contributed by atoms with Crippen molar-refractivity contribution in [3.63, 3.8) is 0 Å². The second kappa shape index (κ2) is 5.86. The molecular weight excluding hydrogens is 180 g/mol. The second-order valence-electron chi connectivity index (χ2n) is 2.89. The van der Waals surface area contributed by atoms with Crippen LogP contribution in [-0.4, -0.2) is 16.5 Å². The summed E-state index contributed by atoms with van der Waals surface area (Å²) >= 11 is 1.98. The third-order valence-corrected chi connectivity index (χ3v) is 2.79. The van der Waals surface area contributed by atoms with Gasteiger partial charge in [0.05, 0.1) is 0 Å². The van der Waals surface area contributed by atoms with Crippen LogP contribution in [-0.2, 0) is 6.42 Å². The van der Waals surface area contributed by atoms with Crippen LogP contribution in [0.2, 0.25) is 0 Å². The zero-order chi connectivity index (χ0) is 9.52. The molecule has 2 N–H and O–H groups in total. The Morgan fingerprint density at radius 1 is 1.54 bits per heavy atom. The Hall–Kier alpha value is -0.700. The first kappa shape index (κ1) is 10.4. The van der Waals surface area contributed by atoms with Crippen molar-refractivity contribution in [2.75, 3.05) is 17.2 Å². The third-order valence-electron chi connectivity index (χ3n) is 1.80. The van der Waals surface area contributed by atoms with E-state index < -0.39 is 0 Å². The van der Waals surface area contributed by atoms with Gasteiger partial charge < -0.3 is 5.73 Å². The number of anilines is 1. The maximum Gasteiger partial charge on any atom is 0.123 e. The molecule has 0 unspecified atom stereocenters. The topological polar surface area (TPSA) is 38.9 Å². The van der Waals surface area contributed by atoms with E-state index in [1.807, 2.05) is 23.9 Å². The van der Waals surface area contributed by atoms with Gasteiger partial charge in [-0.05, 0) is 42.0 Å². The molecule has 3 heteroatoms. The standard InChI is InChI=1S/C10H16N2S/c1-2-13-7-3-4-9-5-6-12-10(11)8-9/h5-6,8H,2-4,7H2,1H3,(H2,11,12). The van der Waals surface area contributed by atoms with E-state index in [0.29, 0.717) is 5.82 Å². The number of aryl methyl sites for hydroxylation is 1. The Morgan fingerprint density at radius 3 is 3.08 bits per heavy atom. The normalized spacial score (nSPS) is 10.2. The van der Waals surface area contributed by atoms with Gasteiger partial charge in [0, 0.05) is 6.20 Å². The van der Waals surface area contributed by atoms with Gasteiger partial charge >= 0.3 is 0 Å². The van der Waals surface area contributed by atoms with Crippen molar-refractivity contribution in [3.05, 3.63) is 23.9 Å². The lowest BCUT2D eigenvalue weighted by molar-refractivity contribution is 0.930. The van der Waals surface area contributed by atoms with Crippen molar-refractivity contribution in [1.29, 1.82) is 0 Å². The maximum absolute atomic E-state index is 5.57. The van der Waals surface area contributed by atoms with Gasteiger partial charge in [0.15, 0.2) is 0 Å². The van der Waals surface area contributed by atoms with Gasteiger partial charge in [-0.3, -0.25) is 0 Å². The van der Waals surface area contributed by atoms with Crippen LogP contribution in [0.5, 0.6) is 0 Å². The quantitative estimate of drug-likeness (QED) is 0.735. The molecule has 1 heterocycles. The second-order valence-corrected chi connectivity index (χ2v) is 4.28. The summed E-state index contributed by atoms with van der Waals surface area (Å²) in [4.78, 5) is 3.96. The van der Waals surface area contributed by atoms with Crippen LogP contribution in [0, 0.1) is 0 Å². The zero-order valence-corrected chi connectivity index (χ0v) is 8.81. The molecule has 0 amide bonds. The molecule has 0 saturated carbocycles. The Labute approximate surface area is 83.9 Å². The lowest BCUT2D eigenvalue weighted by atomic mass is 10.1. The lowest BCUT2D eigenvalue weighted by Gasteiger charge is -2.01. The molecule has 0 saturated heterocycles. The van der Waals surface area contributed by atoms with Crippen molar-refractivity contribution in [3.8, 4) is 0 Å². The number of pyridine rings is 1. The summed E-state index contributed by atoms with van der Waals surface area (Å²) in [6, 6.07) is 3.99. The lowest BCUT2D eigenvalue weighted by Crippen LogP contribution is -1.93. The minimum absolute atomic E-state index is 0.626. The number of hydrogen-bond donors (Lipinski definition) is 1. The first-order valence-electron chi connectivity index (χ1n) is 4.61. The Balaban J connectivity index is 2.28. The Kier molecular flexibility index (Phi) is 4.68. The number of nitrogen functional groups attached to an aromatic ring is 1. The van der Waals surface area contributed by atoms with E-state index in [1.165, 1.54) is 23.5 Å². The van der Waals surface area contributed by atoms with Gasteiger partial charge in [0.2, 0.25) is 0 Å². The van der Waals surface area contributed by atoms with Gasteiger partial charge in [0.1, 0.15) is 5.82 Å². The highest BCUT2D eigenvalue weighted by Gasteiger charge is 1.94. The summed E-state index contributed by atoms with van der Waals surface area (Å²) in [5.74, 6) is 3.07. The Bertz CT molecular complexity index is 250. The molecule has 1 aromatic heterocycles. The molecule has 0 atom stereocenters. The van der Waals surface area contributed by atoms with Gasteiger partial charge in [-0.2, -0.15) is 11.8 Å². The van der Waals surface area contributed by atoms with E-state index in [-0.39, 0.29) is 0 Å². The highest BCUT2D eigenvalue weighted by molar-refractivity contribution is 7.99. The molecule has 0 aliphatic heterocycles. The van der Waals surface area contributed by atoms with Crippen LogP contribution in [0.15, 0.2) is 18.3 Å². The molecule has 0 bridgehead atoms. The minimum atomic E-state index is 0.626. The summed E-state index contributed by atoms with van der Waals surface area (Å²) in [7, 11) is 0. The van der Waals surface area contributed by atoms with E-state index in [4.69, 9.17) is 5.73 Å². The highest BCUT2D eigenvalue weighted by Crippen LogP contribution is 2.08. The van der Waals surface area contributed by atoms with Gasteiger partial charge in [-0.25, -0.2) is 4.98 Å². The van der Waals surface area contributed by atoms with Crippen molar-refractivity contribution in [1.82, 2.24) is 4.98 Å². The molecule has 0 spiro atoms. The number of rotatable bonds is 5. The summed E-state index contributed by atoms with van der Waals surface area (Å²) in [5, 5.41) is 0. The molecule has 0 fully saturated rings. The van der Waals surface area contributed by atoms with Crippen molar-refractivity contribution in [2.24, 2.45) is 0 Å². The number of nitrogens with two attached hydrogens (primary N) is 1. The van der Waals surface area contributed by atoms with Crippen molar-refractivity contribution < 1.29 is 0 Å². The summed E-state index contributed by atoms with van der Waals surface area (Å²) in [5.41, 5.74) is 6.87. The van der Waals surface area contributed by atoms with E-state index >= 15 is 0 Å². The average molecular weight is 196 g/mol. The van der Waals surface area contributed by atoms with E-state index in [2.05, 4.69) is 11.9 Å². The smallest absolute Gasteiger partial charge is 0.123 e. The molecule has 1 aromatic rings. The molecule has 0 aliphatic carbocycles. The van der Waals surface area contributed by atoms with Crippen LogP contribution in [0.4, 0.5) is 5.82 Å². The summed E-state index contributed by atoms with van der Waals surface area (Å²) < 4.78 is 0. The predicted octanol–water partition coefficient (Wildman–Crippen LogP) is 2.35.